The van der Waals surface area contributed by atoms with E-state index in [0.29, 0.717) is 22.4 Å². The van der Waals surface area contributed by atoms with Gasteiger partial charge in [-0.1, -0.05) is 24.3 Å². The maximum absolute atomic E-state index is 14.5. The van der Waals surface area contributed by atoms with Crippen LogP contribution in [0.2, 0.25) is 0 Å². The number of hydrogen-bond donors (Lipinski definition) is 1. The Kier molecular flexibility index (Phi) is 4.06. The van der Waals surface area contributed by atoms with Crippen LogP contribution in [0.4, 0.5) is 19.1 Å². The SMILES string of the molecule is C[C@H]1[C@H](F)CN1c1nc(-c2ccc(C3(N)CS(=O)(=O)C3)cc2)c2c(n1)C(F)(F)CC2. The number of rotatable bonds is 3. The van der Waals surface area contributed by atoms with E-state index in [1.807, 2.05) is 0 Å². The fourth-order valence-corrected chi connectivity index (χ4v) is 6.29. The Bertz CT molecular complexity index is 1130. The number of alkyl halides is 3. The molecule has 0 bridgehead atoms. The van der Waals surface area contributed by atoms with Gasteiger partial charge in [0.2, 0.25) is 5.95 Å². The maximum atomic E-state index is 14.5. The molecule has 2 saturated heterocycles. The second-order valence-corrected chi connectivity index (χ2v) is 10.6. The predicted octanol–water partition coefficient (Wildman–Crippen LogP) is 2.31. The second kappa shape index (κ2) is 6.16. The first-order chi connectivity index (χ1) is 14.0. The number of fused-ring (bicyclic) bond motifs is 1. The fourth-order valence-electron chi connectivity index (χ4n) is 4.48. The van der Waals surface area contributed by atoms with Gasteiger partial charge < -0.3 is 10.6 Å². The lowest BCUT2D eigenvalue weighted by atomic mass is 9.92. The number of nitrogens with two attached hydrogens (primary N) is 1. The van der Waals surface area contributed by atoms with Crippen molar-refractivity contribution in [1.82, 2.24) is 9.97 Å². The van der Waals surface area contributed by atoms with Gasteiger partial charge in [-0.15, -0.1) is 0 Å². The molecule has 6 nitrogen and oxygen atoms in total. The molecule has 160 valence electrons. The number of sulfone groups is 1. The smallest absolute Gasteiger partial charge is 0.290 e. The van der Waals surface area contributed by atoms with Gasteiger partial charge in [0, 0.05) is 17.5 Å². The molecule has 2 N–H and O–H groups in total. The quantitative estimate of drug-likeness (QED) is 0.791. The number of anilines is 1. The molecule has 30 heavy (non-hydrogen) atoms. The normalized spacial score (nSPS) is 27.8. The van der Waals surface area contributed by atoms with Crippen molar-refractivity contribution in [2.45, 2.75) is 43.4 Å². The average molecular weight is 438 g/mol. The number of halogens is 3. The molecule has 0 radical (unpaired) electrons. The van der Waals surface area contributed by atoms with Crippen molar-refractivity contribution in [3.63, 3.8) is 0 Å². The summed E-state index contributed by atoms with van der Waals surface area (Å²) < 4.78 is 65.6. The van der Waals surface area contributed by atoms with Gasteiger partial charge in [0.05, 0.1) is 35.3 Å². The number of aromatic nitrogens is 2. The molecular weight excluding hydrogens is 417 g/mol. The summed E-state index contributed by atoms with van der Waals surface area (Å²) in [5.41, 5.74) is 7.07. The van der Waals surface area contributed by atoms with E-state index in [2.05, 4.69) is 9.97 Å². The molecule has 2 aromatic rings. The molecular formula is C20H21F3N4O2S. The summed E-state index contributed by atoms with van der Waals surface area (Å²) in [4.78, 5) is 10.2. The van der Waals surface area contributed by atoms with Gasteiger partial charge in [0.15, 0.2) is 9.84 Å². The van der Waals surface area contributed by atoms with Crippen LogP contribution >= 0.6 is 0 Å². The second-order valence-electron chi connectivity index (χ2n) is 8.58. The lowest BCUT2D eigenvalue weighted by molar-refractivity contribution is -0.00598. The topological polar surface area (TPSA) is 89.2 Å². The third kappa shape index (κ3) is 2.91. The minimum atomic E-state index is -3.11. The maximum Gasteiger partial charge on any atom is 0.290 e. The first-order valence-electron chi connectivity index (χ1n) is 9.79. The van der Waals surface area contributed by atoms with Gasteiger partial charge in [0.1, 0.15) is 11.9 Å². The van der Waals surface area contributed by atoms with Crippen LogP contribution in [0.5, 0.6) is 0 Å². The number of hydrogen-bond acceptors (Lipinski definition) is 6. The fraction of sp³-hybridized carbons (Fsp3) is 0.500. The first-order valence-corrected chi connectivity index (χ1v) is 11.6. The monoisotopic (exact) mass is 438 g/mol. The molecule has 3 aliphatic rings. The van der Waals surface area contributed by atoms with E-state index < -0.39 is 33.5 Å². The molecule has 2 atom stereocenters. The zero-order chi connectivity index (χ0) is 21.5. The highest BCUT2D eigenvalue weighted by Gasteiger charge is 2.47. The minimum Gasteiger partial charge on any atom is -0.332 e. The van der Waals surface area contributed by atoms with Crippen LogP contribution in [0, 0.1) is 0 Å². The molecule has 0 spiro atoms. The van der Waals surface area contributed by atoms with Crippen molar-refractivity contribution in [2.24, 2.45) is 5.73 Å². The molecule has 0 saturated carbocycles. The van der Waals surface area contributed by atoms with Crippen LogP contribution in [-0.4, -0.2) is 48.6 Å². The molecule has 5 rings (SSSR count). The van der Waals surface area contributed by atoms with Crippen LogP contribution in [-0.2, 0) is 27.7 Å². The summed E-state index contributed by atoms with van der Waals surface area (Å²) >= 11 is 0. The summed E-state index contributed by atoms with van der Waals surface area (Å²) in [5, 5.41) is 0. The Balaban J connectivity index is 1.55. The molecule has 10 heteroatoms. The molecule has 3 heterocycles. The van der Waals surface area contributed by atoms with Crippen LogP contribution in [0.3, 0.4) is 0 Å². The minimum absolute atomic E-state index is 0.0775. The van der Waals surface area contributed by atoms with Crippen LogP contribution in [0.15, 0.2) is 24.3 Å². The summed E-state index contributed by atoms with van der Waals surface area (Å²) in [6, 6.07) is 6.40. The summed E-state index contributed by atoms with van der Waals surface area (Å²) in [6.45, 7) is 1.75. The lowest BCUT2D eigenvalue weighted by Gasteiger charge is -2.42. The van der Waals surface area contributed by atoms with E-state index in [4.69, 9.17) is 5.73 Å². The number of benzene rings is 1. The predicted molar refractivity (Wildman–Crippen MR) is 106 cm³/mol. The molecule has 1 aliphatic carbocycles. The average Bonchev–Trinajstić information content (AvgIpc) is 2.98. The van der Waals surface area contributed by atoms with E-state index >= 15 is 0 Å². The van der Waals surface area contributed by atoms with Crippen LogP contribution in [0.1, 0.15) is 30.2 Å². The molecule has 1 aromatic carbocycles. The van der Waals surface area contributed by atoms with E-state index in [9.17, 15) is 21.6 Å². The Morgan fingerprint density at radius 2 is 1.83 bits per heavy atom. The van der Waals surface area contributed by atoms with Gasteiger partial charge in [0.25, 0.3) is 5.92 Å². The Labute approximate surface area is 172 Å². The van der Waals surface area contributed by atoms with Gasteiger partial charge >= 0.3 is 0 Å². The standard InChI is InChI=1S/C20H21F3N4O2S/c1-11-15(21)8-27(11)18-25-16(14-6-7-20(22,23)17(14)26-18)12-2-4-13(5-3-12)19(24)9-30(28,29)10-19/h2-5,11,15H,6-10,24H2,1H3/t11-,15+/m0/s1. The highest BCUT2D eigenvalue weighted by atomic mass is 32.2. The van der Waals surface area contributed by atoms with Gasteiger partial charge in [-0.25, -0.2) is 22.8 Å². The largest absolute Gasteiger partial charge is 0.332 e. The third-order valence-corrected chi connectivity index (χ3v) is 8.27. The summed E-state index contributed by atoms with van der Waals surface area (Å²) in [6.07, 6.45) is -1.22. The van der Waals surface area contributed by atoms with Crippen molar-refractivity contribution in [2.75, 3.05) is 23.0 Å². The highest BCUT2D eigenvalue weighted by molar-refractivity contribution is 7.93. The Morgan fingerprint density at radius 1 is 1.17 bits per heavy atom. The molecule has 2 fully saturated rings. The zero-order valence-electron chi connectivity index (χ0n) is 16.3. The van der Waals surface area contributed by atoms with Crippen molar-refractivity contribution in [3.05, 3.63) is 41.1 Å². The van der Waals surface area contributed by atoms with Gasteiger partial charge in [-0.05, 0) is 18.9 Å². The highest BCUT2D eigenvalue weighted by Crippen LogP contribution is 2.45. The van der Waals surface area contributed by atoms with Crippen LogP contribution < -0.4 is 10.6 Å². The van der Waals surface area contributed by atoms with E-state index in [0.717, 1.165) is 0 Å². The van der Waals surface area contributed by atoms with E-state index in [1.54, 1.807) is 36.1 Å². The van der Waals surface area contributed by atoms with Gasteiger partial charge in [-0.3, -0.25) is 0 Å². The van der Waals surface area contributed by atoms with Crippen molar-refractivity contribution in [3.8, 4) is 11.3 Å². The summed E-state index contributed by atoms with van der Waals surface area (Å²) in [7, 11) is -3.11. The van der Waals surface area contributed by atoms with Crippen molar-refractivity contribution >= 4 is 15.8 Å². The number of nitrogens with zero attached hydrogens (tertiary/aromatic N) is 3. The van der Waals surface area contributed by atoms with Gasteiger partial charge in [-0.2, -0.15) is 8.78 Å². The molecule has 1 aromatic heterocycles. The summed E-state index contributed by atoms with van der Waals surface area (Å²) in [5.74, 6) is -3.17. The molecule has 2 aliphatic heterocycles. The van der Waals surface area contributed by atoms with Crippen molar-refractivity contribution < 1.29 is 21.6 Å². The van der Waals surface area contributed by atoms with E-state index in [-0.39, 0.29) is 42.5 Å². The zero-order valence-corrected chi connectivity index (χ0v) is 17.1. The third-order valence-electron chi connectivity index (χ3n) is 6.36. The molecule has 0 unspecified atom stereocenters. The Hall–Kier alpha value is -2.20. The lowest BCUT2D eigenvalue weighted by Crippen LogP contribution is -2.58. The van der Waals surface area contributed by atoms with E-state index in [1.165, 1.54) is 0 Å². The molecule has 0 amide bonds. The van der Waals surface area contributed by atoms with Crippen LogP contribution in [0.25, 0.3) is 11.3 Å². The first kappa shape index (κ1) is 19.7. The Morgan fingerprint density at radius 3 is 2.40 bits per heavy atom. The van der Waals surface area contributed by atoms with Crippen molar-refractivity contribution in [1.29, 1.82) is 0 Å².